The number of carbonyl (C=O) groups is 1. The van der Waals surface area contributed by atoms with Crippen molar-refractivity contribution in [3.05, 3.63) is 36.5 Å². The van der Waals surface area contributed by atoms with Gasteiger partial charge in [0.15, 0.2) is 0 Å². The molecule has 0 spiro atoms. The van der Waals surface area contributed by atoms with Crippen molar-refractivity contribution in [1.82, 2.24) is 5.32 Å². The van der Waals surface area contributed by atoms with E-state index in [1.807, 2.05) is 6.08 Å². The molecule has 0 fully saturated rings. The molecule has 0 aliphatic heterocycles. The number of amides is 1. The van der Waals surface area contributed by atoms with Crippen LogP contribution >= 0.6 is 0 Å². The van der Waals surface area contributed by atoms with Crippen LogP contribution in [0.25, 0.3) is 0 Å². The monoisotopic (exact) mass is 718 g/mol. The largest absolute Gasteiger partial charge is 0.394 e. The summed E-state index contributed by atoms with van der Waals surface area (Å²) in [5.74, 6) is -0.515. The molecule has 0 aromatic carbocycles. The van der Waals surface area contributed by atoms with Gasteiger partial charge in [-0.3, -0.25) is 4.79 Å². The van der Waals surface area contributed by atoms with Crippen LogP contribution in [0.1, 0.15) is 226 Å². The van der Waals surface area contributed by atoms with Crippen LogP contribution in [0.5, 0.6) is 0 Å². The molecule has 0 aromatic rings. The number of hydrogen-bond donors (Lipinski definition) is 4. The lowest BCUT2D eigenvalue weighted by molar-refractivity contribution is -0.131. The van der Waals surface area contributed by atoms with Crippen molar-refractivity contribution in [3.8, 4) is 0 Å². The Balaban J connectivity index is 3.72. The summed E-state index contributed by atoms with van der Waals surface area (Å²) in [6, 6.07) is -0.818. The average molecular weight is 718 g/mol. The van der Waals surface area contributed by atoms with Crippen LogP contribution in [-0.2, 0) is 4.79 Å². The summed E-state index contributed by atoms with van der Waals surface area (Å²) >= 11 is 0. The maximum absolute atomic E-state index is 12.5. The minimum atomic E-state index is -1.11. The normalized spacial score (nSPS) is 13.9. The molecule has 1 amide bonds. The van der Waals surface area contributed by atoms with Crippen LogP contribution in [-0.4, -0.2) is 46.1 Å². The lowest BCUT2D eigenvalue weighted by atomic mass is 10.0. The lowest BCUT2D eigenvalue weighted by Gasteiger charge is -2.21. The first-order valence-electron chi connectivity index (χ1n) is 22.3. The van der Waals surface area contributed by atoms with Gasteiger partial charge in [0, 0.05) is 0 Å². The zero-order valence-electron chi connectivity index (χ0n) is 34.0. The molecule has 3 unspecified atom stereocenters. The van der Waals surface area contributed by atoms with E-state index in [2.05, 4.69) is 43.5 Å². The van der Waals surface area contributed by atoms with Gasteiger partial charge in [0.25, 0.3) is 0 Å². The van der Waals surface area contributed by atoms with E-state index in [9.17, 15) is 20.1 Å². The number of aliphatic hydroxyl groups excluding tert-OH is 3. The molecule has 0 radical (unpaired) electrons. The minimum Gasteiger partial charge on any atom is -0.394 e. The molecule has 0 aromatic heterocycles. The maximum Gasteiger partial charge on any atom is 0.249 e. The van der Waals surface area contributed by atoms with E-state index >= 15 is 0 Å². The predicted molar refractivity (Wildman–Crippen MR) is 222 cm³/mol. The van der Waals surface area contributed by atoms with Crippen molar-refractivity contribution >= 4 is 5.91 Å². The Morgan fingerprint density at radius 1 is 0.471 bits per heavy atom. The van der Waals surface area contributed by atoms with E-state index in [0.717, 1.165) is 44.9 Å². The SMILES string of the molecule is CCCCCCCCCC/C=C/CC/C=C/CC/C=C/C(O)C(CO)NC(=O)C(O)CCCCCCCCCCCCCCCCCCCCC. The van der Waals surface area contributed by atoms with E-state index in [1.54, 1.807) is 6.08 Å². The molecule has 0 bridgehead atoms. The molecule has 0 aliphatic carbocycles. The van der Waals surface area contributed by atoms with Gasteiger partial charge in [-0.1, -0.05) is 217 Å². The van der Waals surface area contributed by atoms with Crippen molar-refractivity contribution in [2.45, 2.75) is 244 Å². The summed E-state index contributed by atoms with van der Waals surface area (Å²) in [5, 5.41) is 33.1. The lowest BCUT2D eigenvalue weighted by Crippen LogP contribution is -2.48. The number of rotatable bonds is 40. The second-order valence-electron chi connectivity index (χ2n) is 15.2. The van der Waals surface area contributed by atoms with E-state index in [1.165, 1.54) is 161 Å². The number of unbranched alkanes of at least 4 members (excludes halogenated alkanes) is 28. The van der Waals surface area contributed by atoms with Crippen LogP contribution in [0.4, 0.5) is 0 Å². The third kappa shape index (κ3) is 36.7. The molecule has 5 heteroatoms. The van der Waals surface area contributed by atoms with E-state index < -0.39 is 24.2 Å². The van der Waals surface area contributed by atoms with Gasteiger partial charge in [-0.05, 0) is 44.9 Å². The molecule has 5 nitrogen and oxygen atoms in total. The van der Waals surface area contributed by atoms with Crippen molar-refractivity contribution in [1.29, 1.82) is 0 Å². The maximum atomic E-state index is 12.5. The highest BCUT2D eigenvalue weighted by Gasteiger charge is 2.22. The standard InChI is InChI=1S/C46H87NO4/c1-3-5-7-9-11-13-15-17-19-21-23-25-27-29-31-33-35-37-39-41-45(50)46(51)47-43(42-48)44(49)40-38-36-34-32-30-28-26-24-22-20-18-16-14-12-10-8-6-4-2/h22,24,30,32,38,40,43-45,48-50H,3-21,23,25-29,31,33-37,39,41-42H2,1-2H3,(H,47,51)/b24-22+,32-30+,40-38+. The molecule has 4 N–H and O–H groups in total. The van der Waals surface area contributed by atoms with E-state index in [0.29, 0.717) is 6.42 Å². The molecule has 0 heterocycles. The summed E-state index contributed by atoms with van der Waals surface area (Å²) in [5.41, 5.74) is 0. The Labute approximate surface area is 317 Å². The molecule has 0 saturated heterocycles. The third-order valence-corrected chi connectivity index (χ3v) is 10.2. The number of nitrogens with one attached hydrogen (secondary N) is 1. The van der Waals surface area contributed by atoms with Gasteiger partial charge in [-0.15, -0.1) is 0 Å². The van der Waals surface area contributed by atoms with Crippen LogP contribution < -0.4 is 5.32 Å². The summed E-state index contributed by atoms with van der Waals surface area (Å²) < 4.78 is 0. The van der Waals surface area contributed by atoms with Crippen LogP contribution in [0.2, 0.25) is 0 Å². The van der Waals surface area contributed by atoms with Crippen LogP contribution in [0.3, 0.4) is 0 Å². The fraction of sp³-hybridized carbons (Fsp3) is 0.848. The Kier molecular flexibility index (Phi) is 40.2. The van der Waals surface area contributed by atoms with Gasteiger partial charge in [0.1, 0.15) is 6.10 Å². The first kappa shape index (κ1) is 49.6. The van der Waals surface area contributed by atoms with Crippen molar-refractivity contribution in [3.63, 3.8) is 0 Å². The van der Waals surface area contributed by atoms with E-state index in [4.69, 9.17) is 0 Å². The summed E-state index contributed by atoms with van der Waals surface area (Å²) in [6.45, 7) is 4.17. The zero-order chi connectivity index (χ0) is 37.3. The molecular formula is C46H87NO4. The van der Waals surface area contributed by atoms with E-state index in [-0.39, 0.29) is 6.61 Å². The van der Waals surface area contributed by atoms with Crippen molar-refractivity contribution < 1.29 is 20.1 Å². The average Bonchev–Trinajstić information content (AvgIpc) is 3.13. The first-order chi connectivity index (χ1) is 25.1. The highest BCUT2D eigenvalue weighted by Crippen LogP contribution is 2.16. The molecule has 3 atom stereocenters. The summed E-state index contributed by atoms with van der Waals surface area (Å²) in [6.07, 6.45) is 51.8. The molecule has 0 aliphatic rings. The molecule has 51 heavy (non-hydrogen) atoms. The summed E-state index contributed by atoms with van der Waals surface area (Å²) in [4.78, 5) is 12.5. The van der Waals surface area contributed by atoms with Gasteiger partial charge >= 0.3 is 0 Å². The molecule has 0 saturated carbocycles. The number of carbonyl (C=O) groups excluding carboxylic acids is 1. The highest BCUT2D eigenvalue weighted by atomic mass is 16.3. The fourth-order valence-corrected chi connectivity index (χ4v) is 6.69. The Morgan fingerprint density at radius 3 is 1.20 bits per heavy atom. The van der Waals surface area contributed by atoms with Gasteiger partial charge in [-0.25, -0.2) is 0 Å². The van der Waals surface area contributed by atoms with Crippen LogP contribution in [0.15, 0.2) is 36.5 Å². The minimum absolute atomic E-state index is 0.379. The van der Waals surface area contributed by atoms with Gasteiger partial charge < -0.3 is 20.6 Å². The highest BCUT2D eigenvalue weighted by molar-refractivity contribution is 5.80. The van der Waals surface area contributed by atoms with Crippen molar-refractivity contribution in [2.75, 3.05) is 6.61 Å². The molecule has 300 valence electrons. The van der Waals surface area contributed by atoms with Crippen LogP contribution in [0, 0.1) is 0 Å². The Morgan fingerprint density at radius 2 is 0.804 bits per heavy atom. The smallest absolute Gasteiger partial charge is 0.249 e. The Hall–Kier alpha value is -1.43. The molecule has 0 rings (SSSR count). The second-order valence-corrected chi connectivity index (χ2v) is 15.2. The van der Waals surface area contributed by atoms with Gasteiger partial charge in [-0.2, -0.15) is 0 Å². The first-order valence-corrected chi connectivity index (χ1v) is 22.3. The third-order valence-electron chi connectivity index (χ3n) is 10.2. The Bertz CT molecular complexity index is 794. The number of allylic oxidation sites excluding steroid dienone is 5. The predicted octanol–water partition coefficient (Wildman–Crippen LogP) is 12.8. The van der Waals surface area contributed by atoms with Crippen molar-refractivity contribution in [2.24, 2.45) is 0 Å². The topological polar surface area (TPSA) is 89.8 Å². The van der Waals surface area contributed by atoms with Gasteiger partial charge in [0.2, 0.25) is 5.91 Å². The van der Waals surface area contributed by atoms with Gasteiger partial charge in [0.05, 0.1) is 18.8 Å². The number of aliphatic hydroxyl groups is 3. The quantitative estimate of drug-likeness (QED) is 0.0375. The number of hydrogen-bond acceptors (Lipinski definition) is 4. The second kappa shape index (κ2) is 41.3. The zero-order valence-corrected chi connectivity index (χ0v) is 34.0. The summed E-state index contributed by atoms with van der Waals surface area (Å²) in [7, 11) is 0. The fourth-order valence-electron chi connectivity index (χ4n) is 6.69. The molecular weight excluding hydrogens is 631 g/mol.